The maximum Gasteiger partial charge on any atom is 0.257 e. The molecule has 0 aliphatic rings. The molecule has 1 N–H and O–H groups in total. The molecule has 0 spiro atoms. The summed E-state index contributed by atoms with van der Waals surface area (Å²) in [6, 6.07) is 0. The summed E-state index contributed by atoms with van der Waals surface area (Å²) in [6.07, 6.45) is 5.34. The number of hydrogen-bond acceptors (Lipinski definition) is 5. The molecule has 0 aliphatic carbocycles. The van der Waals surface area contributed by atoms with Crippen LogP contribution in [0.2, 0.25) is 0 Å². The van der Waals surface area contributed by atoms with Gasteiger partial charge in [-0.3, -0.25) is 5.10 Å². The topological polar surface area (TPSA) is 66.9 Å². The first-order valence-corrected chi connectivity index (χ1v) is 6.70. The van der Waals surface area contributed by atoms with Crippen LogP contribution in [0.15, 0.2) is 12.4 Å². The zero-order valence-electron chi connectivity index (χ0n) is 12.5. The fourth-order valence-corrected chi connectivity index (χ4v) is 2.27. The Morgan fingerprint density at radius 2 is 2.00 bits per heavy atom. The van der Waals surface area contributed by atoms with E-state index >= 15 is 0 Å². The molecule has 0 radical (unpaired) electrons. The summed E-state index contributed by atoms with van der Waals surface area (Å²) in [5.41, 5.74) is 3.55. The number of aromatic amines is 1. The molecule has 0 saturated carbocycles. The largest absolute Gasteiger partial charge is 0.478 e. The van der Waals surface area contributed by atoms with Gasteiger partial charge in [-0.05, 0) is 32.3 Å². The second-order valence-electron chi connectivity index (χ2n) is 4.83. The highest BCUT2D eigenvalue weighted by atomic mass is 16.5. The van der Waals surface area contributed by atoms with Crippen LogP contribution < -0.4 is 9.64 Å². The first-order valence-electron chi connectivity index (χ1n) is 6.70. The molecule has 0 saturated heterocycles. The van der Waals surface area contributed by atoms with Gasteiger partial charge in [0.2, 0.25) is 0 Å². The normalized spacial score (nSPS) is 10.6. The fourth-order valence-electron chi connectivity index (χ4n) is 2.27. The van der Waals surface area contributed by atoms with Gasteiger partial charge in [0.25, 0.3) is 5.88 Å². The molecule has 0 unspecified atom stereocenters. The van der Waals surface area contributed by atoms with E-state index in [9.17, 15) is 0 Å². The van der Waals surface area contributed by atoms with E-state index in [-0.39, 0.29) is 0 Å². The highest BCUT2D eigenvalue weighted by Crippen LogP contribution is 2.21. The summed E-state index contributed by atoms with van der Waals surface area (Å²) in [6.45, 7) is 4.98. The number of anilines is 1. The van der Waals surface area contributed by atoms with E-state index in [1.165, 1.54) is 5.56 Å². The first-order chi connectivity index (χ1) is 9.63. The zero-order valence-corrected chi connectivity index (χ0v) is 12.5. The van der Waals surface area contributed by atoms with Crippen molar-refractivity contribution in [2.75, 3.05) is 25.6 Å². The summed E-state index contributed by atoms with van der Waals surface area (Å²) in [7, 11) is 3.61. The van der Waals surface area contributed by atoms with Gasteiger partial charge < -0.3 is 9.64 Å². The molecular formula is C14H21N5O. The third-order valence-electron chi connectivity index (χ3n) is 3.40. The van der Waals surface area contributed by atoms with Crippen LogP contribution >= 0.6 is 0 Å². The monoisotopic (exact) mass is 275 g/mol. The van der Waals surface area contributed by atoms with Gasteiger partial charge in [-0.25, -0.2) is 9.97 Å². The van der Waals surface area contributed by atoms with Crippen LogP contribution in [0.1, 0.15) is 23.4 Å². The molecule has 2 rings (SSSR count). The highest BCUT2D eigenvalue weighted by molar-refractivity contribution is 5.46. The average molecular weight is 275 g/mol. The lowest BCUT2D eigenvalue weighted by atomic mass is 10.1. The van der Waals surface area contributed by atoms with Gasteiger partial charge in [0, 0.05) is 31.7 Å². The molecule has 0 fully saturated rings. The number of aromatic nitrogens is 4. The number of rotatable bonds is 6. The minimum Gasteiger partial charge on any atom is -0.478 e. The van der Waals surface area contributed by atoms with Crippen molar-refractivity contribution >= 4 is 5.82 Å². The van der Waals surface area contributed by atoms with Gasteiger partial charge >= 0.3 is 0 Å². The van der Waals surface area contributed by atoms with E-state index in [4.69, 9.17) is 4.74 Å². The summed E-state index contributed by atoms with van der Waals surface area (Å²) >= 11 is 0. The molecule has 0 amide bonds. The highest BCUT2D eigenvalue weighted by Gasteiger charge is 2.11. The van der Waals surface area contributed by atoms with Crippen LogP contribution in [-0.4, -0.2) is 40.9 Å². The summed E-state index contributed by atoms with van der Waals surface area (Å²) in [5.74, 6) is 1.33. The summed E-state index contributed by atoms with van der Waals surface area (Å²) in [5, 5.41) is 7.24. The van der Waals surface area contributed by atoms with E-state index in [0.29, 0.717) is 5.88 Å². The van der Waals surface area contributed by atoms with Crippen molar-refractivity contribution in [2.24, 2.45) is 0 Å². The summed E-state index contributed by atoms with van der Waals surface area (Å²) < 4.78 is 5.23. The molecular weight excluding hydrogens is 254 g/mol. The second kappa shape index (κ2) is 6.36. The molecule has 108 valence electrons. The molecule has 0 bridgehead atoms. The second-order valence-corrected chi connectivity index (χ2v) is 4.83. The van der Waals surface area contributed by atoms with E-state index in [2.05, 4.69) is 32.0 Å². The molecule has 2 aromatic rings. The van der Waals surface area contributed by atoms with E-state index in [1.54, 1.807) is 19.5 Å². The minimum absolute atomic E-state index is 0.561. The van der Waals surface area contributed by atoms with Gasteiger partial charge in [0.05, 0.1) is 12.8 Å². The molecule has 0 atom stereocenters. The van der Waals surface area contributed by atoms with Crippen molar-refractivity contribution in [3.8, 4) is 5.88 Å². The van der Waals surface area contributed by atoms with Crippen LogP contribution in [0.3, 0.4) is 0 Å². The van der Waals surface area contributed by atoms with Gasteiger partial charge in [-0.2, -0.15) is 5.10 Å². The molecule has 2 aromatic heterocycles. The number of hydrogen-bond donors (Lipinski definition) is 1. The maximum absolute atomic E-state index is 5.23. The predicted octanol–water partition coefficient (Wildman–Crippen LogP) is 1.89. The Labute approximate surface area is 119 Å². The van der Waals surface area contributed by atoms with Gasteiger partial charge in [0.15, 0.2) is 5.82 Å². The van der Waals surface area contributed by atoms with Crippen LogP contribution in [0.4, 0.5) is 5.82 Å². The third kappa shape index (κ3) is 3.07. The molecule has 2 heterocycles. The number of H-pyrrole nitrogens is 1. The van der Waals surface area contributed by atoms with Crippen molar-refractivity contribution in [1.82, 2.24) is 20.2 Å². The third-order valence-corrected chi connectivity index (χ3v) is 3.40. The Kier molecular flexibility index (Phi) is 4.55. The van der Waals surface area contributed by atoms with E-state index in [0.717, 1.165) is 36.6 Å². The number of methoxy groups -OCH3 is 1. The molecule has 0 aromatic carbocycles. The van der Waals surface area contributed by atoms with Crippen molar-refractivity contribution in [3.05, 3.63) is 29.3 Å². The van der Waals surface area contributed by atoms with Crippen LogP contribution in [-0.2, 0) is 6.42 Å². The Balaban J connectivity index is 1.94. The molecule has 20 heavy (non-hydrogen) atoms. The van der Waals surface area contributed by atoms with Gasteiger partial charge in [-0.15, -0.1) is 0 Å². The fraction of sp³-hybridized carbons (Fsp3) is 0.500. The van der Waals surface area contributed by atoms with Crippen molar-refractivity contribution in [2.45, 2.75) is 26.7 Å². The lowest BCUT2D eigenvalue weighted by molar-refractivity contribution is 0.396. The summed E-state index contributed by atoms with van der Waals surface area (Å²) in [4.78, 5) is 10.5. The predicted molar refractivity (Wildman–Crippen MR) is 78.2 cm³/mol. The van der Waals surface area contributed by atoms with Crippen LogP contribution in [0, 0.1) is 13.8 Å². The lowest BCUT2D eigenvalue weighted by Gasteiger charge is -2.19. The minimum atomic E-state index is 0.561. The van der Waals surface area contributed by atoms with Crippen molar-refractivity contribution in [3.63, 3.8) is 0 Å². The van der Waals surface area contributed by atoms with Gasteiger partial charge in [0.1, 0.15) is 0 Å². The van der Waals surface area contributed by atoms with Crippen molar-refractivity contribution < 1.29 is 4.74 Å². The Hall–Kier alpha value is -2.11. The average Bonchev–Trinajstić information content (AvgIpc) is 2.78. The van der Waals surface area contributed by atoms with E-state index < -0.39 is 0 Å². The zero-order chi connectivity index (χ0) is 14.5. The molecule has 0 aliphatic heterocycles. The quantitative estimate of drug-likeness (QED) is 0.872. The van der Waals surface area contributed by atoms with E-state index in [1.807, 2.05) is 14.0 Å². The Morgan fingerprint density at radius 1 is 1.25 bits per heavy atom. The lowest BCUT2D eigenvalue weighted by Crippen LogP contribution is -2.21. The number of aryl methyl sites for hydroxylation is 2. The number of ether oxygens (including phenoxy) is 1. The number of nitrogens with one attached hydrogen (secondary N) is 1. The molecule has 6 heteroatoms. The first kappa shape index (κ1) is 14.3. The number of nitrogens with zero attached hydrogens (tertiary/aromatic N) is 4. The SMILES string of the molecule is COc1nccnc1N(C)CCCc1c(C)n[nH]c1C. The Morgan fingerprint density at radius 3 is 2.65 bits per heavy atom. The Bertz CT molecular complexity index is 547. The standard InChI is InChI=1S/C14H21N5O/c1-10-12(11(2)18-17-10)6-5-9-19(3)13-14(20-4)16-8-7-15-13/h7-8H,5-6,9H2,1-4H3,(H,17,18). The van der Waals surface area contributed by atoms with Crippen molar-refractivity contribution in [1.29, 1.82) is 0 Å². The van der Waals surface area contributed by atoms with Gasteiger partial charge in [-0.1, -0.05) is 0 Å². The smallest absolute Gasteiger partial charge is 0.257 e. The van der Waals surface area contributed by atoms with Crippen LogP contribution in [0.25, 0.3) is 0 Å². The molecule has 6 nitrogen and oxygen atoms in total. The van der Waals surface area contributed by atoms with Crippen LogP contribution in [0.5, 0.6) is 5.88 Å². The maximum atomic E-state index is 5.23.